The van der Waals surface area contributed by atoms with Crippen LogP contribution < -0.4 is 11.1 Å². The molecule has 0 bridgehead atoms. The molecule has 4 aromatic rings. The lowest BCUT2D eigenvalue weighted by molar-refractivity contribution is 0.575. The van der Waals surface area contributed by atoms with E-state index in [0.717, 1.165) is 32.2 Å². The Morgan fingerprint density at radius 2 is 1.89 bits per heavy atom. The van der Waals surface area contributed by atoms with E-state index in [1.165, 1.54) is 6.20 Å². The largest absolute Gasteiger partial charge is 0.368 e. The summed E-state index contributed by atoms with van der Waals surface area (Å²) in [6, 6.07) is 15.2. The third kappa shape index (κ3) is 3.59. The van der Waals surface area contributed by atoms with Gasteiger partial charge in [-0.15, -0.1) is 0 Å². The van der Waals surface area contributed by atoms with Crippen LogP contribution in [0, 0.1) is 12.9 Å². The summed E-state index contributed by atoms with van der Waals surface area (Å²) in [4.78, 5) is 12.5. The highest BCUT2D eigenvalue weighted by molar-refractivity contribution is 9.10. The Labute approximate surface area is 163 Å². The fourth-order valence-electron chi connectivity index (χ4n) is 2.84. The lowest BCUT2D eigenvalue weighted by atomic mass is 10.0. The normalized spacial score (nSPS) is 10.9. The predicted molar refractivity (Wildman–Crippen MR) is 109 cm³/mol. The molecule has 7 heteroatoms. The van der Waals surface area contributed by atoms with E-state index >= 15 is 0 Å². The Bertz CT molecular complexity index is 1160. The van der Waals surface area contributed by atoms with Gasteiger partial charge in [0.2, 0.25) is 11.9 Å². The van der Waals surface area contributed by atoms with Crippen molar-refractivity contribution < 1.29 is 4.39 Å². The summed E-state index contributed by atoms with van der Waals surface area (Å²) in [5.41, 5.74) is 9.66. The van der Waals surface area contributed by atoms with E-state index in [-0.39, 0.29) is 5.95 Å². The minimum atomic E-state index is -0.465. The molecule has 0 amide bonds. The zero-order valence-corrected chi connectivity index (χ0v) is 16.0. The van der Waals surface area contributed by atoms with Crippen molar-refractivity contribution in [2.24, 2.45) is 0 Å². The summed E-state index contributed by atoms with van der Waals surface area (Å²) in [5, 5.41) is 4.10. The predicted octanol–water partition coefficient (Wildman–Crippen LogP) is 5.23. The first-order valence-corrected chi connectivity index (χ1v) is 9.01. The fourth-order valence-corrected chi connectivity index (χ4v) is 3.24. The van der Waals surface area contributed by atoms with Gasteiger partial charge in [0.05, 0.1) is 5.52 Å². The van der Waals surface area contributed by atoms with E-state index in [9.17, 15) is 4.39 Å². The molecule has 134 valence electrons. The molecule has 27 heavy (non-hydrogen) atoms. The van der Waals surface area contributed by atoms with E-state index in [1.807, 2.05) is 42.5 Å². The van der Waals surface area contributed by atoms with Crippen molar-refractivity contribution in [3.8, 4) is 11.1 Å². The van der Waals surface area contributed by atoms with E-state index in [0.29, 0.717) is 11.4 Å². The number of nitrogen functional groups attached to an aromatic ring is 1. The molecule has 0 fully saturated rings. The quantitative estimate of drug-likeness (QED) is 0.441. The second-order valence-electron chi connectivity index (χ2n) is 6.13. The zero-order valence-electron chi connectivity index (χ0n) is 14.4. The summed E-state index contributed by atoms with van der Waals surface area (Å²) in [6.45, 7) is 1.69. The van der Waals surface area contributed by atoms with Gasteiger partial charge >= 0.3 is 0 Å². The number of aryl methyl sites for hydroxylation is 1. The molecular weight excluding hydrogens is 409 g/mol. The number of nitrogens with zero attached hydrogens (tertiary/aromatic N) is 3. The lowest BCUT2D eigenvalue weighted by Gasteiger charge is -2.11. The van der Waals surface area contributed by atoms with Crippen LogP contribution in [0.2, 0.25) is 0 Å². The van der Waals surface area contributed by atoms with E-state index in [2.05, 4.69) is 36.2 Å². The van der Waals surface area contributed by atoms with Gasteiger partial charge in [0.1, 0.15) is 5.82 Å². The SMILES string of the molecule is Cc1cc(-c2ccc3nc(N)nc(Nc4cccc(Br)c4)c3c2)cnc1F. The van der Waals surface area contributed by atoms with Gasteiger partial charge in [-0.05, 0) is 48.9 Å². The Morgan fingerprint density at radius 3 is 2.67 bits per heavy atom. The van der Waals surface area contributed by atoms with E-state index in [4.69, 9.17) is 5.73 Å². The average molecular weight is 424 g/mol. The molecule has 5 nitrogen and oxygen atoms in total. The second kappa shape index (κ2) is 6.92. The number of hydrogen-bond donors (Lipinski definition) is 2. The molecule has 0 aliphatic rings. The number of fused-ring (bicyclic) bond motifs is 1. The maximum atomic E-state index is 13.5. The van der Waals surface area contributed by atoms with Crippen LogP contribution in [0.15, 0.2) is 59.2 Å². The highest BCUT2D eigenvalue weighted by Gasteiger charge is 2.10. The highest BCUT2D eigenvalue weighted by atomic mass is 79.9. The first-order valence-electron chi connectivity index (χ1n) is 8.22. The number of nitrogens with two attached hydrogens (primary N) is 1. The number of halogens is 2. The van der Waals surface area contributed by atoms with Gasteiger partial charge < -0.3 is 11.1 Å². The number of hydrogen-bond acceptors (Lipinski definition) is 5. The van der Waals surface area contributed by atoms with Crippen molar-refractivity contribution in [2.75, 3.05) is 11.1 Å². The van der Waals surface area contributed by atoms with Crippen LogP contribution >= 0.6 is 15.9 Å². The van der Waals surface area contributed by atoms with Crippen LogP contribution in [-0.4, -0.2) is 15.0 Å². The molecule has 0 aliphatic heterocycles. The maximum absolute atomic E-state index is 13.5. The topological polar surface area (TPSA) is 76.7 Å². The summed E-state index contributed by atoms with van der Waals surface area (Å²) >= 11 is 3.46. The average Bonchev–Trinajstić information content (AvgIpc) is 2.64. The van der Waals surface area contributed by atoms with Crippen LogP contribution in [-0.2, 0) is 0 Å². The molecule has 0 unspecified atom stereocenters. The van der Waals surface area contributed by atoms with Gasteiger partial charge in [-0.25, -0.2) is 9.97 Å². The van der Waals surface area contributed by atoms with Gasteiger partial charge in [0.25, 0.3) is 0 Å². The first kappa shape index (κ1) is 17.4. The molecule has 0 saturated carbocycles. The summed E-state index contributed by atoms with van der Waals surface area (Å²) in [5.74, 6) is 0.323. The Balaban J connectivity index is 1.84. The zero-order chi connectivity index (χ0) is 19.0. The minimum absolute atomic E-state index is 0.187. The van der Waals surface area contributed by atoms with Gasteiger partial charge in [0, 0.05) is 32.9 Å². The number of rotatable bonds is 3. The van der Waals surface area contributed by atoms with Crippen LogP contribution in [0.3, 0.4) is 0 Å². The van der Waals surface area contributed by atoms with Crippen LogP contribution in [0.4, 0.5) is 21.8 Å². The Morgan fingerprint density at radius 1 is 1.04 bits per heavy atom. The van der Waals surface area contributed by atoms with Crippen molar-refractivity contribution >= 4 is 44.3 Å². The molecule has 0 saturated heterocycles. The van der Waals surface area contributed by atoms with Crippen molar-refractivity contribution in [3.05, 3.63) is 70.7 Å². The third-order valence-electron chi connectivity index (χ3n) is 4.15. The van der Waals surface area contributed by atoms with Gasteiger partial charge in [0.15, 0.2) is 0 Å². The maximum Gasteiger partial charge on any atom is 0.222 e. The third-order valence-corrected chi connectivity index (χ3v) is 4.64. The number of aromatic nitrogens is 3. The number of anilines is 3. The molecule has 4 rings (SSSR count). The monoisotopic (exact) mass is 423 g/mol. The fraction of sp³-hybridized carbons (Fsp3) is 0.0500. The van der Waals surface area contributed by atoms with Crippen molar-refractivity contribution in [1.82, 2.24) is 15.0 Å². The molecule has 3 N–H and O–H groups in total. The summed E-state index contributed by atoms with van der Waals surface area (Å²) in [7, 11) is 0. The molecule has 0 atom stereocenters. The first-order chi connectivity index (χ1) is 13.0. The molecule has 2 heterocycles. The van der Waals surface area contributed by atoms with E-state index in [1.54, 1.807) is 13.0 Å². The van der Waals surface area contributed by atoms with Crippen molar-refractivity contribution in [2.45, 2.75) is 6.92 Å². The molecular formula is C20H15BrFN5. The number of benzene rings is 2. The standard InChI is InChI=1S/C20H15BrFN5/c1-11-7-13(10-24-18(11)22)12-5-6-17-16(8-12)19(27-20(23)26-17)25-15-4-2-3-14(21)9-15/h2-10H,1H3,(H3,23,25,26,27). The van der Waals surface area contributed by atoms with E-state index < -0.39 is 5.95 Å². The van der Waals surface area contributed by atoms with Crippen molar-refractivity contribution in [3.63, 3.8) is 0 Å². The molecule has 2 aromatic heterocycles. The summed E-state index contributed by atoms with van der Waals surface area (Å²) in [6.07, 6.45) is 1.52. The van der Waals surface area contributed by atoms with Gasteiger partial charge in [-0.1, -0.05) is 28.1 Å². The lowest BCUT2D eigenvalue weighted by Crippen LogP contribution is -2.01. The number of pyridine rings is 1. The minimum Gasteiger partial charge on any atom is -0.368 e. The molecule has 0 radical (unpaired) electrons. The van der Waals surface area contributed by atoms with Gasteiger partial charge in [-0.2, -0.15) is 9.37 Å². The number of nitrogens with one attached hydrogen (secondary N) is 1. The molecule has 2 aromatic carbocycles. The van der Waals surface area contributed by atoms with Crippen LogP contribution in [0.25, 0.3) is 22.0 Å². The Kier molecular flexibility index (Phi) is 4.45. The van der Waals surface area contributed by atoms with Gasteiger partial charge in [-0.3, -0.25) is 0 Å². The van der Waals surface area contributed by atoms with Crippen molar-refractivity contribution in [1.29, 1.82) is 0 Å². The molecule has 0 aliphatic carbocycles. The highest BCUT2D eigenvalue weighted by Crippen LogP contribution is 2.30. The molecule has 0 spiro atoms. The smallest absolute Gasteiger partial charge is 0.222 e. The van der Waals surface area contributed by atoms with Crippen LogP contribution in [0.1, 0.15) is 5.56 Å². The summed E-state index contributed by atoms with van der Waals surface area (Å²) < 4.78 is 14.4. The Hall–Kier alpha value is -3.06. The van der Waals surface area contributed by atoms with Crippen LogP contribution in [0.5, 0.6) is 0 Å². The second-order valence-corrected chi connectivity index (χ2v) is 7.05.